The molecule has 1 saturated carbocycles. The van der Waals surface area contributed by atoms with Gasteiger partial charge in [-0.1, -0.05) is 11.6 Å². The number of nitrogens with one attached hydrogen (secondary N) is 2. The highest BCUT2D eigenvalue weighted by atomic mass is 35.5. The summed E-state index contributed by atoms with van der Waals surface area (Å²) in [7, 11) is 4.15. The minimum Gasteiger partial charge on any atom is -0.367 e. The highest BCUT2D eigenvalue weighted by Gasteiger charge is 2.38. The van der Waals surface area contributed by atoms with Crippen LogP contribution >= 0.6 is 11.6 Å². The number of rotatable bonds is 4. The van der Waals surface area contributed by atoms with E-state index in [0.717, 1.165) is 19.4 Å². The molecule has 0 amide bonds. The Hall–Kier alpha value is -1.07. The van der Waals surface area contributed by atoms with E-state index >= 15 is 0 Å². The summed E-state index contributed by atoms with van der Waals surface area (Å²) >= 11 is 5.88. The molecule has 0 aliphatic heterocycles. The average Bonchev–Trinajstić information content (AvgIpc) is 2.22. The zero-order chi connectivity index (χ0) is 12.5. The van der Waals surface area contributed by atoms with E-state index < -0.39 is 0 Å². The van der Waals surface area contributed by atoms with Crippen LogP contribution in [0.1, 0.15) is 19.3 Å². The smallest absolute Gasteiger partial charge is 0.271 e. The summed E-state index contributed by atoms with van der Waals surface area (Å²) in [5.74, 6) is 0.462. The summed E-state index contributed by atoms with van der Waals surface area (Å²) in [4.78, 5) is 20.0. The fraction of sp³-hybridized carbons (Fsp3) is 0.636. The van der Waals surface area contributed by atoms with E-state index in [1.54, 1.807) is 0 Å². The van der Waals surface area contributed by atoms with Crippen LogP contribution in [0.2, 0.25) is 5.02 Å². The van der Waals surface area contributed by atoms with Gasteiger partial charge in [0.1, 0.15) is 5.02 Å². The minimum absolute atomic E-state index is 0.126. The molecule has 0 unspecified atom stereocenters. The molecule has 2 N–H and O–H groups in total. The van der Waals surface area contributed by atoms with Crippen molar-refractivity contribution in [3.05, 3.63) is 21.7 Å². The van der Waals surface area contributed by atoms with Gasteiger partial charge in [-0.3, -0.25) is 4.79 Å². The number of hydrogen-bond acceptors (Lipinski definition) is 4. The lowest BCUT2D eigenvalue weighted by molar-refractivity contribution is 0.0738. The number of hydrogen-bond donors (Lipinski definition) is 2. The molecular weight excluding hydrogens is 240 g/mol. The number of H-pyrrole nitrogens is 1. The second-order valence-electron chi connectivity index (χ2n) is 4.72. The lowest BCUT2D eigenvalue weighted by atomic mass is 9.75. The van der Waals surface area contributed by atoms with Gasteiger partial charge >= 0.3 is 0 Å². The lowest BCUT2D eigenvalue weighted by Gasteiger charge is -2.47. The average molecular weight is 257 g/mol. The number of aromatic nitrogens is 2. The molecule has 5 nitrogen and oxygen atoms in total. The molecule has 1 aromatic rings. The van der Waals surface area contributed by atoms with Crippen molar-refractivity contribution in [2.75, 3.05) is 26.0 Å². The minimum atomic E-state index is -0.309. The normalized spacial score (nSPS) is 17.9. The van der Waals surface area contributed by atoms with Crippen LogP contribution in [-0.2, 0) is 0 Å². The third-order valence-electron chi connectivity index (χ3n) is 3.61. The zero-order valence-corrected chi connectivity index (χ0v) is 10.8. The van der Waals surface area contributed by atoms with E-state index in [2.05, 4.69) is 34.3 Å². The lowest BCUT2D eigenvalue weighted by Crippen LogP contribution is -2.54. The highest BCUT2D eigenvalue weighted by molar-refractivity contribution is 6.32. The third kappa shape index (κ3) is 2.30. The summed E-state index contributed by atoms with van der Waals surface area (Å²) in [6.45, 7) is 0.760. The standard InChI is InChI=1S/C11H17ClN4O/c1-16(2)11(4-3-5-11)6-13-9-8(12)10(17)15-7-14-9/h7H,3-6H2,1-2H3,(H2,13,14,15,17). The van der Waals surface area contributed by atoms with Gasteiger partial charge < -0.3 is 15.2 Å². The van der Waals surface area contributed by atoms with Crippen LogP contribution < -0.4 is 10.9 Å². The molecular formula is C11H17ClN4O. The molecule has 6 heteroatoms. The SMILES string of the molecule is CN(C)C1(CNc2nc[nH]c(=O)c2Cl)CCC1. The monoisotopic (exact) mass is 256 g/mol. The van der Waals surface area contributed by atoms with Gasteiger partial charge in [-0.15, -0.1) is 0 Å². The van der Waals surface area contributed by atoms with Crippen LogP contribution in [0.3, 0.4) is 0 Å². The Bertz CT molecular complexity index is 453. The van der Waals surface area contributed by atoms with Crippen molar-refractivity contribution >= 4 is 17.4 Å². The molecule has 0 bridgehead atoms. The second kappa shape index (κ2) is 4.66. The van der Waals surface area contributed by atoms with E-state index in [1.807, 2.05) is 0 Å². The first-order chi connectivity index (χ1) is 8.05. The number of likely N-dealkylation sites (N-methyl/N-ethyl adjacent to an activating group) is 1. The van der Waals surface area contributed by atoms with Gasteiger partial charge in [0.15, 0.2) is 5.82 Å². The van der Waals surface area contributed by atoms with E-state index in [-0.39, 0.29) is 16.1 Å². The van der Waals surface area contributed by atoms with Crippen molar-refractivity contribution in [2.45, 2.75) is 24.8 Å². The molecule has 1 aromatic heterocycles. The molecule has 0 spiro atoms. The molecule has 2 rings (SSSR count). The van der Waals surface area contributed by atoms with E-state index in [4.69, 9.17) is 11.6 Å². The Balaban J connectivity index is 2.07. The number of nitrogens with zero attached hydrogens (tertiary/aromatic N) is 2. The van der Waals surface area contributed by atoms with Gasteiger partial charge in [-0.05, 0) is 33.4 Å². The zero-order valence-electron chi connectivity index (χ0n) is 10.1. The molecule has 0 aromatic carbocycles. The van der Waals surface area contributed by atoms with E-state index in [1.165, 1.54) is 12.7 Å². The first-order valence-corrected chi connectivity index (χ1v) is 6.07. The maximum atomic E-state index is 11.3. The number of halogens is 1. The molecule has 94 valence electrons. The van der Waals surface area contributed by atoms with Crippen LogP contribution in [0.4, 0.5) is 5.82 Å². The van der Waals surface area contributed by atoms with Crippen molar-refractivity contribution < 1.29 is 0 Å². The number of anilines is 1. The van der Waals surface area contributed by atoms with Gasteiger partial charge in [0.2, 0.25) is 0 Å². The number of aromatic amines is 1. The first kappa shape index (κ1) is 12.4. The summed E-state index contributed by atoms with van der Waals surface area (Å²) < 4.78 is 0. The molecule has 1 fully saturated rings. The molecule has 17 heavy (non-hydrogen) atoms. The van der Waals surface area contributed by atoms with Crippen molar-refractivity contribution in [1.29, 1.82) is 0 Å². The molecule has 0 saturated heterocycles. The van der Waals surface area contributed by atoms with Gasteiger partial charge in [0, 0.05) is 12.1 Å². The topological polar surface area (TPSA) is 61.0 Å². The molecule has 0 radical (unpaired) electrons. The van der Waals surface area contributed by atoms with Crippen molar-refractivity contribution in [3.8, 4) is 0 Å². The fourth-order valence-corrected chi connectivity index (χ4v) is 2.29. The van der Waals surface area contributed by atoms with Crippen molar-refractivity contribution in [3.63, 3.8) is 0 Å². The maximum absolute atomic E-state index is 11.3. The third-order valence-corrected chi connectivity index (χ3v) is 3.97. The second-order valence-corrected chi connectivity index (χ2v) is 5.10. The summed E-state index contributed by atoms with van der Waals surface area (Å²) in [6, 6.07) is 0. The van der Waals surface area contributed by atoms with Crippen LogP contribution in [0.25, 0.3) is 0 Å². The van der Waals surface area contributed by atoms with Crippen LogP contribution in [0.5, 0.6) is 0 Å². The Labute approximate surface area is 105 Å². The Morgan fingerprint density at radius 3 is 2.82 bits per heavy atom. The molecule has 1 heterocycles. The summed E-state index contributed by atoms with van der Waals surface area (Å²) in [5, 5.41) is 3.30. The van der Waals surface area contributed by atoms with E-state index in [0.29, 0.717) is 5.82 Å². The van der Waals surface area contributed by atoms with E-state index in [9.17, 15) is 4.79 Å². The maximum Gasteiger partial charge on any atom is 0.271 e. The van der Waals surface area contributed by atoms with Crippen LogP contribution in [0.15, 0.2) is 11.1 Å². The predicted octanol–water partition coefficient (Wildman–Crippen LogP) is 1.32. The Morgan fingerprint density at radius 2 is 2.29 bits per heavy atom. The Morgan fingerprint density at radius 1 is 1.59 bits per heavy atom. The van der Waals surface area contributed by atoms with Gasteiger partial charge in [0.25, 0.3) is 5.56 Å². The first-order valence-electron chi connectivity index (χ1n) is 5.70. The molecule has 0 atom stereocenters. The largest absolute Gasteiger partial charge is 0.367 e. The molecule has 1 aliphatic rings. The van der Waals surface area contributed by atoms with Crippen LogP contribution in [0, 0.1) is 0 Å². The van der Waals surface area contributed by atoms with Crippen LogP contribution in [-0.4, -0.2) is 41.0 Å². The van der Waals surface area contributed by atoms with Gasteiger partial charge in [-0.25, -0.2) is 4.98 Å². The Kier molecular flexibility index (Phi) is 3.40. The van der Waals surface area contributed by atoms with Gasteiger partial charge in [0.05, 0.1) is 6.33 Å². The molecule has 1 aliphatic carbocycles. The van der Waals surface area contributed by atoms with Crippen molar-refractivity contribution in [1.82, 2.24) is 14.9 Å². The highest BCUT2D eigenvalue weighted by Crippen LogP contribution is 2.36. The van der Waals surface area contributed by atoms with Crippen molar-refractivity contribution in [2.24, 2.45) is 0 Å². The summed E-state index contributed by atoms with van der Waals surface area (Å²) in [5.41, 5.74) is -0.134. The van der Waals surface area contributed by atoms with Gasteiger partial charge in [-0.2, -0.15) is 0 Å². The summed E-state index contributed by atoms with van der Waals surface area (Å²) in [6.07, 6.45) is 4.93. The fourth-order valence-electron chi connectivity index (χ4n) is 2.12. The predicted molar refractivity (Wildman–Crippen MR) is 68.6 cm³/mol. The quantitative estimate of drug-likeness (QED) is 0.853.